The molecule has 1 saturated heterocycles. The summed E-state index contributed by atoms with van der Waals surface area (Å²) in [6.45, 7) is 6.68. The minimum absolute atomic E-state index is 0.0174. The molecule has 1 aliphatic rings. The van der Waals surface area contributed by atoms with Crippen molar-refractivity contribution in [2.75, 3.05) is 20.1 Å². The highest BCUT2D eigenvalue weighted by Gasteiger charge is 2.39. The predicted molar refractivity (Wildman–Crippen MR) is 87.3 cm³/mol. The van der Waals surface area contributed by atoms with Gasteiger partial charge in [-0.2, -0.15) is 0 Å². The molecular weight excluding hydrogens is 287 g/mol. The molecule has 4 heteroatoms. The first-order valence-electron chi connectivity index (χ1n) is 7.90. The first-order chi connectivity index (χ1) is 10.0. The zero-order chi connectivity index (χ0) is 15.5. The molecule has 1 aromatic carbocycles. The van der Waals surface area contributed by atoms with E-state index in [0.29, 0.717) is 5.02 Å². The summed E-state index contributed by atoms with van der Waals surface area (Å²) in [5, 5.41) is 4.01. The molecule has 21 heavy (non-hydrogen) atoms. The van der Waals surface area contributed by atoms with E-state index >= 15 is 0 Å². The summed E-state index contributed by atoms with van der Waals surface area (Å²) in [5.41, 5.74) is 0.793. The second-order valence-corrected chi connectivity index (χ2v) is 6.55. The lowest BCUT2D eigenvalue weighted by atomic mass is 9.81. The van der Waals surface area contributed by atoms with Gasteiger partial charge in [-0.1, -0.05) is 24.9 Å². The SMILES string of the molecule is CCC(C)(C(NC)c1cc(F)ccc1Cl)N1CCCCC1. The molecule has 0 aromatic heterocycles. The number of nitrogens with zero attached hydrogens (tertiary/aromatic N) is 1. The van der Waals surface area contributed by atoms with Crippen LogP contribution in [0.3, 0.4) is 0 Å². The van der Waals surface area contributed by atoms with E-state index in [0.717, 1.165) is 25.1 Å². The molecule has 2 rings (SSSR count). The van der Waals surface area contributed by atoms with E-state index in [4.69, 9.17) is 11.6 Å². The second kappa shape index (κ2) is 7.08. The van der Waals surface area contributed by atoms with Crippen molar-refractivity contribution in [2.24, 2.45) is 0 Å². The topological polar surface area (TPSA) is 15.3 Å². The Morgan fingerprint density at radius 2 is 2.00 bits per heavy atom. The highest BCUT2D eigenvalue weighted by molar-refractivity contribution is 6.31. The maximum absolute atomic E-state index is 13.7. The van der Waals surface area contributed by atoms with Crippen LogP contribution < -0.4 is 5.32 Å². The summed E-state index contributed by atoms with van der Waals surface area (Å²) in [4.78, 5) is 2.54. The van der Waals surface area contributed by atoms with Crippen molar-refractivity contribution in [1.82, 2.24) is 10.2 Å². The molecular formula is C17H26ClFN2. The summed E-state index contributed by atoms with van der Waals surface area (Å²) in [7, 11) is 1.93. The molecule has 2 atom stereocenters. The predicted octanol–water partition coefficient (Wildman–Crippen LogP) is 4.39. The summed E-state index contributed by atoms with van der Waals surface area (Å²) >= 11 is 6.35. The normalized spacial score (nSPS) is 21.0. The van der Waals surface area contributed by atoms with Crippen LogP contribution in [0.1, 0.15) is 51.1 Å². The Hall–Kier alpha value is -0.640. The van der Waals surface area contributed by atoms with Crippen LogP contribution in [-0.2, 0) is 0 Å². The van der Waals surface area contributed by atoms with Gasteiger partial charge in [-0.15, -0.1) is 0 Å². The third-order valence-electron chi connectivity index (χ3n) is 4.97. The Labute approximate surface area is 132 Å². The Balaban J connectivity index is 2.38. The van der Waals surface area contributed by atoms with E-state index in [2.05, 4.69) is 24.1 Å². The van der Waals surface area contributed by atoms with Gasteiger partial charge in [0.25, 0.3) is 0 Å². The van der Waals surface area contributed by atoms with Gasteiger partial charge in [0.2, 0.25) is 0 Å². The van der Waals surface area contributed by atoms with E-state index in [1.165, 1.54) is 25.3 Å². The monoisotopic (exact) mass is 312 g/mol. The molecule has 0 saturated carbocycles. The van der Waals surface area contributed by atoms with Crippen molar-refractivity contribution in [3.05, 3.63) is 34.6 Å². The van der Waals surface area contributed by atoms with Crippen LogP contribution in [0.5, 0.6) is 0 Å². The molecule has 1 N–H and O–H groups in total. The zero-order valence-electron chi connectivity index (χ0n) is 13.3. The van der Waals surface area contributed by atoms with Crippen LogP contribution in [-0.4, -0.2) is 30.6 Å². The smallest absolute Gasteiger partial charge is 0.123 e. The zero-order valence-corrected chi connectivity index (χ0v) is 14.0. The average molecular weight is 313 g/mol. The van der Waals surface area contributed by atoms with Crippen LogP contribution in [0, 0.1) is 5.82 Å². The highest BCUT2D eigenvalue weighted by atomic mass is 35.5. The lowest BCUT2D eigenvalue weighted by Crippen LogP contribution is -2.55. The fourth-order valence-corrected chi connectivity index (χ4v) is 3.78. The number of halogens is 2. The van der Waals surface area contributed by atoms with Crippen molar-refractivity contribution in [1.29, 1.82) is 0 Å². The largest absolute Gasteiger partial charge is 0.311 e. The quantitative estimate of drug-likeness (QED) is 0.867. The van der Waals surface area contributed by atoms with E-state index < -0.39 is 0 Å². The van der Waals surface area contributed by atoms with Crippen LogP contribution in [0.2, 0.25) is 5.02 Å². The molecule has 1 heterocycles. The Bertz CT molecular complexity index is 474. The van der Waals surface area contributed by atoms with Crippen molar-refractivity contribution in [3.8, 4) is 0 Å². The van der Waals surface area contributed by atoms with E-state index in [9.17, 15) is 4.39 Å². The van der Waals surface area contributed by atoms with Crippen molar-refractivity contribution >= 4 is 11.6 Å². The molecule has 1 fully saturated rings. The number of likely N-dealkylation sites (tertiary alicyclic amines) is 1. The number of hydrogen-bond acceptors (Lipinski definition) is 2. The Morgan fingerprint density at radius 3 is 2.57 bits per heavy atom. The fourth-order valence-electron chi connectivity index (χ4n) is 3.55. The number of likely N-dealkylation sites (N-methyl/N-ethyl adjacent to an activating group) is 1. The van der Waals surface area contributed by atoms with E-state index in [1.807, 2.05) is 7.05 Å². The lowest BCUT2D eigenvalue weighted by molar-refractivity contribution is 0.0447. The van der Waals surface area contributed by atoms with Crippen molar-refractivity contribution in [2.45, 2.75) is 51.1 Å². The average Bonchev–Trinajstić information content (AvgIpc) is 2.52. The molecule has 0 bridgehead atoms. The minimum Gasteiger partial charge on any atom is -0.311 e. The lowest BCUT2D eigenvalue weighted by Gasteiger charge is -2.48. The molecule has 1 aliphatic heterocycles. The van der Waals surface area contributed by atoms with E-state index in [1.54, 1.807) is 12.1 Å². The number of benzene rings is 1. The molecule has 0 amide bonds. The van der Waals surface area contributed by atoms with Crippen LogP contribution in [0.25, 0.3) is 0 Å². The number of piperidine rings is 1. The molecule has 2 unspecified atom stereocenters. The Kier molecular flexibility index (Phi) is 5.64. The standard InChI is InChI=1S/C17H26ClFN2/c1-4-17(2,21-10-6-5-7-11-21)16(20-3)14-12-13(19)8-9-15(14)18/h8-9,12,16,20H,4-7,10-11H2,1-3H3. The summed E-state index contributed by atoms with van der Waals surface area (Å²) in [6.07, 6.45) is 4.78. The summed E-state index contributed by atoms with van der Waals surface area (Å²) in [5.74, 6) is -0.230. The van der Waals surface area contributed by atoms with Gasteiger partial charge < -0.3 is 5.32 Å². The fraction of sp³-hybridized carbons (Fsp3) is 0.647. The van der Waals surface area contributed by atoms with Gasteiger partial charge in [-0.25, -0.2) is 4.39 Å². The number of hydrogen-bond donors (Lipinski definition) is 1. The first-order valence-corrected chi connectivity index (χ1v) is 8.28. The number of rotatable bonds is 5. The minimum atomic E-state index is -0.230. The third kappa shape index (κ3) is 3.41. The Morgan fingerprint density at radius 1 is 1.33 bits per heavy atom. The second-order valence-electron chi connectivity index (χ2n) is 6.15. The maximum Gasteiger partial charge on any atom is 0.123 e. The highest BCUT2D eigenvalue weighted by Crippen LogP contribution is 2.38. The van der Waals surface area contributed by atoms with E-state index in [-0.39, 0.29) is 17.4 Å². The number of nitrogens with one attached hydrogen (secondary N) is 1. The molecule has 2 nitrogen and oxygen atoms in total. The summed E-state index contributed by atoms with van der Waals surface area (Å²) in [6, 6.07) is 4.66. The van der Waals surface area contributed by atoms with Crippen LogP contribution >= 0.6 is 11.6 Å². The molecule has 118 valence electrons. The van der Waals surface area contributed by atoms with Gasteiger partial charge in [-0.05, 0) is 70.1 Å². The van der Waals surface area contributed by atoms with Gasteiger partial charge in [0, 0.05) is 10.6 Å². The third-order valence-corrected chi connectivity index (χ3v) is 5.32. The first kappa shape index (κ1) is 16.7. The van der Waals surface area contributed by atoms with Gasteiger partial charge in [0.1, 0.15) is 5.82 Å². The summed E-state index contributed by atoms with van der Waals surface area (Å²) < 4.78 is 13.7. The van der Waals surface area contributed by atoms with Crippen molar-refractivity contribution in [3.63, 3.8) is 0 Å². The van der Waals surface area contributed by atoms with Gasteiger partial charge in [-0.3, -0.25) is 4.90 Å². The van der Waals surface area contributed by atoms with Crippen LogP contribution in [0.15, 0.2) is 18.2 Å². The molecule has 0 radical (unpaired) electrons. The maximum atomic E-state index is 13.7. The van der Waals surface area contributed by atoms with Gasteiger partial charge in [0.05, 0.1) is 6.04 Å². The molecule has 0 spiro atoms. The molecule has 1 aromatic rings. The van der Waals surface area contributed by atoms with Gasteiger partial charge >= 0.3 is 0 Å². The van der Waals surface area contributed by atoms with Crippen molar-refractivity contribution < 1.29 is 4.39 Å². The van der Waals surface area contributed by atoms with Gasteiger partial charge in [0.15, 0.2) is 0 Å². The van der Waals surface area contributed by atoms with Crippen LogP contribution in [0.4, 0.5) is 4.39 Å². The molecule has 0 aliphatic carbocycles.